The van der Waals surface area contributed by atoms with E-state index in [0.29, 0.717) is 11.4 Å². The number of hydrogen-bond donors (Lipinski definition) is 0. The first-order valence-corrected chi connectivity index (χ1v) is 15.3. The van der Waals surface area contributed by atoms with Crippen molar-refractivity contribution in [2.45, 2.75) is 47.6 Å². The SMILES string of the molecule is CN(C)C12CCN(S(=O)(=O)c3ccc(-c4ccccc4)cc3)C([C@H](c3ccccc3)C1)[C@H](c1ccccc1)C2. The smallest absolute Gasteiger partial charge is 0.243 e. The molecule has 0 amide bonds. The van der Waals surface area contributed by atoms with E-state index >= 15 is 0 Å². The van der Waals surface area contributed by atoms with Crippen LogP contribution in [0.4, 0.5) is 0 Å². The third kappa shape index (κ3) is 4.73. The summed E-state index contributed by atoms with van der Waals surface area (Å²) in [4.78, 5) is 2.73. The van der Waals surface area contributed by atoms with Crippen molar-refractivity contribution in [2.24, 2.45) is 0 Å². The van der Waals surface area contributed by atoms with E-state index in [-0.39, 0.29) is 23.4 Å². The van der Waals surface area contributed by atoms with E-state index in [1.807, 2.05) is 58.9 Å². The number of hydrogen-bond acceptors (Lipinski definition) is 3. The van der Waals surface area contributed by atoms with E-state index in [2.05, 4.69) is 67.5 Å². The Morgan fingerprint density at radius 3 is 1.62 bits per heavy atom. The molecule has 4 aromatic rings. The molecule has 3 fully saturated rings. The molecule has 4 aromatic carbocycles. The molecule has 0 spiro atoms. The standard InChI is InChI=1S/C34H36N2O2S/c1-35(2)34-22-23-36(39(37,38)30-20-18-27(19-21-30)26-12-6-3-7-13-26)33(31(24-34)28-14-8-4-9-15-28)32(25-34)29-16-10-5-11-17-29/h3-21,31-33H,22-25H2,1-2H3/t31-,32-,33?,34?/m0/s1. The molecule has 5 heteroatoms. The van der Waals surface area contributed by atoms with Crippen LogP contribution in [-0.4, -0.2) is 49.8 Å². The first-order valence-electron chi connectivity index (χ1n) is 13.8. The molecule has 4 nitrogen and oxygen atoms in total. The van der Waals surface area contributed by atoms with Crippen molar-refractivity contribution < 1.29 is 8.42 Å². The zero-order chi connectivity index (χ0) is 27.0. The van der Waals surface area contributed by atoms with Crippen molar-refractivity contribution in [3.8, 4) is 11.1 Å². The third-order valence-corrected chi connectivity index (χ3v) is 11.0. The van der Waals surface area contributed by atoms with Crippen LogP contribution in [0.25, 0.3) is 11.1 Å². The zero-order valence-electron chi connectivity index (χ0n) is 22.6. The Hall–Kier alpha value is -3.25. The monoisotopic (exact) mass is 536 g/mol. The molecule has 0 radical (unpaired) electrons. The maximum Gasteiger partial charge on any atom is 0.243 e. The molecule has 0 N–H and O–H groups in total. The quantitative estimate of drug-likeness (QED) is 0.273. The fourth-order valence-corrected chi connectivity index (χ4v) is 8.68. The van der Waals surface area contributed by atoms with Crippen molar-refractivity contribution in [3.05, 3.63) is 126 Å². The average Bonchev–Trinajstić information content (AvgIpc) is 3.28. The fraction of sp³-hybridized carbons (Fsp3) is 0.294. The van der Waals surface area contributed by atoms with Gasteiger partial charge in [0.05, 0.1) is 4.90 Å². The lowest BCUT2D eigenvalue weighted by Crippen LogP contribution is -2.53. The van der Waals surface area contributed by atoms with Gasteiger partial charge >= 0.3 is 0 Å². The molecule has 200 valence electrons. The number of benzene rings is 4. The minimum Gasteiger partial charge on any atom is -0.304 e. The maximum atomic E-state index is 14.5. The van der Waals surface area contributed by atoms with E-state index < -0.39 is 10.0 Å². The van der Waals surface area contributed by atoms with Crippen molar-refractivity contribution in [1.82, 2.24) is 9.21 Å². The van der Waals surface area contributed by atoms with Crippen LogP contribution in [0.1, 0.15) is 42.2 Å². The van der Waals surface area contributed by atoms with Gasteiger partial charge in [-0.25, -0.2) is 8.42 Å². The highest BCUT2D eigenvalue weighted by molar-refractivity contribution is 7.89. The maximum absolute atomic E-state index is 14.5. The molecule has 39 heavy (non-hydrogen) atoms. The number of sulfonamides is 1. The van der Waals surface area contributed by atoms with E-state index in [1.54, 1.807) is 12.1 Å². The van der Waals surface area contributed by atoms with Crippen LogP contribution >= 0.6 is 0 Å². The van der Waals surface area contributed by atoms with E-state index in [9.17, 15) is 8.42 Å². The van der Waals surface area contributed by atoms with Gasteiger partial charge in [-0.15, -0.1) is 0 Å². The largest absolute Gasteiger partial charge is 0.304 e. The number of nitrogens with zero attached hydrogens (tertiary/aromatic N) is 2. The Bertz CT molecular complexity index is 1450. The number of rotatable bonds is 6. The van der Waals surface area contributed by atoms with Gasteiger partial charge in [0.15, 0.2) is 0 Å². The first-order chi connectivity index (χ1) is 18.9. The zero-order valence-corrected chi connectivity index (χ0v) is 23.5. The summed E-state index contributed by atoms with van der Waals surface area (Å²) < 4.78 is 30.9. The molecule has 2 bridgehead atoms. The second-order valence-electron chi connectivity index (χ2n) is 11.3. The van der Waals surface area contributed by atoms with Crippen LogP contribution < -0.4 is 0 Å². The molecule has 3 aliphatic rings. The summed E-state index contributed by atoms with van der Waals surface area (Å²) in [7, 11) is 0.589. The summed E-state index contributed by atoms with van der Waals surface area (Å²) in [5.74, 6) is 0.182. The van der Waals surface area contributed by atoms with Gasteiger partial charge in [0.1, 0.15) is 0 Å². The van der Waals surface area contributed by atoms with Crippen molar-refractivity contribution in [2.75, 3.05) is 20.6 Å². The summed E-state index contributed by atoms with van der Waals surface area (Å²) in [6.07, 6.45) is 2.69. The molecule has 0 unspecified atom stereocenters. The van der Waals surface area contributed by atoms with Gasteiger partial charge in [-0.05, 0) is 67.7 Å². The fourth-order valence-electron chi connectivity index (χ4n) is 6.98. The summed E-state index contributed by atoms with van der Waals surface area (Å²) in [6, 6.07) is 38.5. The predicted octanol–water partition coefficient (Wildman–Crippen LogP) is 6.78. The Labute approximate surface area is 233 Å². The van der Waals surface area contributed by atoms with Gasteiger partial charge in [-0.2, -0.15) is 4.31 Å². The molecule has 2 aliphatic heterocycles. The van der Waals surface area contributed by atoms with Crippen molar-refractivity contribution in [1.29, 1.82) is 0 Å². The van der Waals surface area contributed by atoms with Crippen LogP contribution in [0.2, 0.25) is 0 Å². The molecule has 7 rings (SSSR count). The van der Waals surface area contributed by atoms with Crippen molar-refractivity contribution in [3.63, 3.8) is 0 Å². The van der Waals surface area contributed by atoms with Gasteiger partial charge in [-0.3, -0.25) is 0 Å². The van der Waals surface area contributed by atoms with E-state index in [4.69, 9.17) is 0 Å². The van der Waals surface area contributed by atoms with Gasteiger partial charge in [0.2, 0.25) is 10.0 Å². The van der Waals surface area contributed by atoms with E-state index in [1.165, 1.54) is 11.1 Å². The number of fused-ring (bicyclic) bond motifs is 4. The molecule has 1 saturated carbocycles. The summed E-state index contributed by atoms with van der Waals surface area (Å²) in [5, 5.41) is 0. The lowest BCUT2D eigenvalue weighted by Gasteiger charge is -2.50. The summed E-state index contributed by atoms with van der Waals surface area (Å²) in [6.45, 7) is 0.512. The van der Waals surface area contributed by atoms with Gasteiger partial charge in [0, 0.05) is 30.0 Å². The lowest BCUT2D eigenvalue weighted by atomic mass is 9.64. The molecule has 2 saturated heterocycles. The minimum absolute atomic E-state index is 0.0844. The molecule has 0 aromatic heterocycles. The van der Waals surface area contributed by atoms with Crippen LogP contribution in [0.15, 0.2) is 120 Å². The second kappa shape index (κ2) is 10.4. The van der Waals surface area contributed by atoms with E-state index in [0.717, 1.165) is 30.4 Å². The topological polar surface area (TPSA) is 40.6 Å². The van der Waals surface area contributed by atoms with Crippen LogP contribution in [-0.2, 0) is 10.0 Å². The normalized spacial score (nSPS) is 25.5. The van der Waals surface area contributed by atoms with Crippen LogP contribution in [0.5, 0.6) is 0 Å². The molecular formula is C34H36N2O2S. The minimum atomic E-state index is -3.74. The highest BCUT2D eigenvalue weighted by Crippen LogP contribution is 2.54. The third-order valence-electron chi connectivity index (χ3n) is 9.13. The second-order valence-corrected chi connectivity index (χ2v) is 13.2. The lowest BCUT2D eigenvalue weighted by molar-refractivity contribution is 0.0747. The Morgan fingerprint density at radius 1 is 0.667 bits per heavy atom. The van der Waals surface area contributed by atoms with Gasteiger partial charge in [0.25, 0.3) is 0 Å². The molecule has 1 aliphatic carbocycles. The van der Waals surface area contributed by atoms with Crippen molar-refractivity contribution >= 4 is 10.0 Å². The molecule has 2 heterocycles. The van der Waals surface area contributed by atoms with Gasteiger partial charge in [-0.1, -0.05) is 103 Å². The molecule has 2 atom stereocenters. The Morgan fingerprint density at radius 2 is 1.13 bits per heavy atom. The highest BCUT2D eigenvalue weighted by atomic mass is 32.2. The Kier molecular flexibility index (Phi) is 6.92. The van der Waals surface area contributed by atoms with Crippen LogP contribution in [0, 0.1) is 0 Å². The van der Waals surface area contributed by atoms with Crippen LogP contribution in [0.3, 0.4) is 0 Å². The summed E-state index contributed by atoms with van der Waals surface area (Å²) >= 11 is 0. The first kappa shape index (κ1) is 26.0. The Balaban J connectivity index is 1.47. The molecular weight excluding hydrogens is 500 g/mol. The predicted molar refractivity (Wildman–Crippen MR) is 158 cm³/mol. The summed E-state index contributed by atoms with van der Waals surface area (Å²) in [5.41, 5.74) is 4.45. The van der Waals surface area contributed by atoms with Gasteiger partial charge < -0.3 is 4.90 Å². The highest BCUT2D eigenvalue weighted by Gasteiger charge is 2.55. The average molecular weight is 537 g/mol.